The maximum Gasteiger partial charge on any atom is 0.338 e. The number of aryl methyl sites for hydroxylation is 2. The van der Waals surface area contributed by atoms with E-state index in [1.54, 1.807) is 0 Å². The average Bonchev–Trinajstić information content (AvgIpc) is 2.60. The topological polar surface area (TPSA) is 38.8 Å². The van der Waals surface area contributed by atoms with Crippen molar-refractivity contribution >= 4 is 5.97 Å². The number of nitrogens with zero attached hydrogens (tertiary/aromatic N) is 1. The van der Waals surface area contributed by atoms with E-state index in [2.05, 4.69) is 29.2 Å². The van der Waals surface area contributed by atoms with Crippen LogP contribution in [-0.4, -0.2) is 43.3 Å². The van der Waals surface area contributed by atoms with Crippen molar-refractivity contribution in [1.82, 2.24) is 4.90 Å². The molecule has 132 valence electrons. The highest BCUT2D eigenvalue weighted by molar-refractivity contribution is 5.89. The van der Waals surface area contributed by atoms with Gasteiger partial charge in [0.1, 0.15) is 12.7 Å². The summed E-state index contributed by atoms with van der Waals surface area (Å²) < 4.78 is 11.2. The number of carbonyl (C=O) groups excluding carboxylic acids is 1. The lowest BCUT2D eigenvalue weighted by atomic mass is 10.1. The normalized spacial score (nSPS) is 18.1. The van der Waals surface area contributed by atoms with E-state index in [0.717, 1.165) is 30.8 Å². The Bertz CT molecular complexity index is 694. The zero-order chi connectivity index (χ0) is 17.6. The monoisotopic (exact) mass is 339 g/mol. The summed E-state index contributed by atoms with van der Waals surface area (Å²) in [5.41, 5.74) is 4.02. The lowest BCUT2D eigenvalue weighted by Gasteiger charge is -2.32. The van der Waals surface area contributed by atoms with Crippen molar-refractivity contribution in [1.29, 1.82) is 0 Å². The second-order valence-corrected chi connectivity index (χ2v) is 6.69. The van der Waals surface area contributed by atoms with E-state index in [0.29, 0.717) is 12.2 Å². The molecule has 0 radical (unpaired) electrons. The molecule has 2 aromatic rings. The molecule has 1 unspecified atom stereocenters. The Balaban J connectivity index is 1.51. The molecule has 4 heteroatoms. The third-order valence-corrected chi connectivity index (χ3v) is 4.33. The SMILES string of the molecule is Cc1cc(C)cc(C(=O)OCC2CN(Cc3ccccc3)CCO2)c1. The highest BCUT2D eigenvalue weighted by Crippen LogP contribution is 2.13. The molecular weight excluding hydrogens is 314 g/mol. The summed E-state index contributed by atoms with van der Waals surface area (Å²) in [6.45, 7) is 7.48. The van der Waals surface area contributed by atoms with E-state index in [1.165, 1.54) is 5.56 Å². The molecule has 0 amide bonds. The molecule has 4 nitrogen and oxygen atoms in total. The molecule has 1 saturated heterocycles. The summed E-state index contributed by atoms with van der Waals surface area (Å²) >= 11 is 0. The van der Waals surface area contributed by atoms with E-state index in [-0.39, 0.29) is 18.7 Å². The number of esters is 1. The molecule has 0 aliphatic carbocycles. The van der Waals surface area contributed by atoms with Crippen LogP contribution in [0.1, 0.15) is 27.0 Å². The molecule has 1 aliphatic heterocycles. The van der Waals surface area contributed by atoms with Crippen molar-refractivity contribution in [2.45, 2.75) is 26.5 Å². The standard InChI is InChI=1S/C21H25NO3/c1-16-10-17(2)12-19(11-16)21(23)25-15-20-14-22(8-9-24-20)13-18-6-4-3-5-7-18/h3-7,10-12,20H,8-9,13-15H2,1-2H3. The number of benzene rings is 2. The minimum absolute atomic E-state index is 0.0766. The summed E-state index contributed by atoms with van der Waals surface area (Å²) in [4.78, 5) is 14.6. The van der Waals surface area contributed by atoms with Gasteiger partial charge in [-0.15, -0.1) is 0 Å². The van der Waals surface area contributed by atoms with Crippen molar-refractivity contribution in [3.05, 3.63) is 70.8 Å². The van der Waals surface area contributed by atoms with Crippen molar-refractivity contribution in [2.24, 2.45) is 0 Å². The summed E-state index contributed by atoms with van der Waals surface area (Å²) in [6.07, 6.45) is -0.0766. The minimum Gasteiger partial charge on any atom is -0.459 e. The molecule has 0 saturated carbocycles. The summed E-state index contributed by atoms with van der Waals surface area (Å²) in [6, 6.07) is 16.2. The summed E-state index contributed by atoms with van der Waals surface area (Å²) in [5, 5.41) is 0. The van der Waals surface area contributed by atoms with E-state index >= 15 is 0 Å². The van der Waals surface area contributed by atoms with Gasteiger partial charge in [-0.1, -0.05) is 47.5 Å². The third kappa shape index (κ3) is 5.15. The van der Waals surface area contributed by atoms with Crippen molar-refractivity contribution in [2.75, 3.05) is 26.3 Å². The van der Waals surface area contributed by atoms with Crippen LogP contribution in [-0.2, 0) is 16.0 Å². The maximum absolute atomic E-state index is 12.3. The van der Waals surface area contributed by atoms with Crippen LogP contribution in [0.15, 0.2) is 48.5 Å². The van der Waals surface area contributed by atoms with E-state index in [9.17, 15) is 4.79 Å². The van der Waals surface area contributed by atoms with Crippen molar-refractivity contribution < 1.29 is 14.3 Å². The highest BCUT2D eigenvalue weighted by Gasteiger charge is 2.22. The molecule has 0 aromatic heterocycles. The van der Waals surface area contributed by atoms with Gasteiger partial charge in [0.25, 0.3) is 0 Å². The van der Waals surface area contributed by atoms with Gasteiger partial charge < -0.3 is 9.47 Å². The smallest absolute Gasteiger partial charge is 0.338 e. The van der Waals surface area contributed by atoms with Gasteiger partial charge in [0.2, 0.25) is 0 Å². The van der Waals surface area contributed by atoms with Gasteiger partial charge in [-0.05, 0) is 31.5 Å². The highest BCUT2D eigenvalue weighted by atomic mass is 16.6. The number of morpholine rings is 1. The molecule has 3 rings (SSSR count). The maximum atomic E-state index is 12.3. The average molecular weight is 339 g/mol. The molecule has 1 atom stereocenters. The quantitative estimate of drug-likeness (QED) is 0.783. The molecular formula is C21H25NO3. The summed E-state index contributed by atoms with van der Waals surface area (Å²) in [5.74, 6) is -0.282. The fourth-order valence-corrected chi connectivity index (χ4v) is 3.21. The Labute approximate surface area is 149 Å². The van der Waals surface area contributed by atoms with E-state index in [4.69, 9.17) is 9.47 Å². The minimum atomic E-state index is -0.282. The largest absolute Gasteiger partial charge is 0.459 e. The number of hydrogen-bond donors (Lipinski definition) is 0. The molecule has 0 spiro atoms. The first kappa shape index (κ1) is 17.6. The molecule has 1 heterocycles. The molecule has 25 heavy (non-hydrogen) atoms. The number of rotatable bonds is 5. The Morgan fingerprint density at radius 1 is 1.16 bits per heavy atom. The first-order valence-corrected chi connectivity index (χ1v) is 8.73. The second-order valence-electron chi connectivity index (χ2n) is 6.69. The first-order valence-electron chi connectivity index (χ1n) is 8.73. The number of hydrogen-bond acceptors (Lipinski definition) is 4. The predicted molar refractivity (Wildman–Crippen MR) is 97.7 cm³/mol. The zero-order valence-electron chi connectivity index (χ0n) is 14.9. The van der Waals surface area contributed by atoms with Crippen molar-refractivity contribution in [3.63, 3.8) is 0 Å². The van der Waals surface area contributed by atoms with Crippen LogP contribution in [0, 0.1) is 13.8 Å². The Hall–Kier alpha value is -2.17. The Morgan fingerprint density at radius 2 is 1.88 bits per heavy atom. The summed E-state index contributed by atoms with van der Waals surface area (Å²) in [7, 11) is 0. The number of ether oxygens (including phenoxy) is 2. The van der Waals surface area contributed by atoms with Gasteiger partial charge in [0.15, 0.2) is 0 Å². The van der Waals surface area contributed by atoms with E-state index in [1.807, 2.05) is 38.1 Å². The van der Waals surface area contributed by atoms with Gasteiger partial charge in [-0.3, -0.25) is 4.90 Å². The lowest BCUT2D eigenvalue weighted by molar-refractivity contribution is -0.0612. The fourth-order valence-electron chi connectivity index (χ4n) is 3.21. The van der Waals surface area contributed by atoms with Crippen LogP contribution in [0.4, 0.5) is 0 Å². The van der Waals surface area contributed by atoms with Crippen molar-refractivity contribution in [3.8, 4) is 0 Å². The van der Waals surface area contributed by atoms with Crippen LogP contribution in [0.5, 0.6) is 0 Å². The molecule has 1 fully saturated rings. The van der Waals surface area contributed by atoms with Gasteiger partial charge in [0.05, 0.1) is 12.2 Å². The van der Waals surface area contributed by atoms with Gasteiger partial charge in [-0.2, -0.15) is 0 Å². The molecule has 2 aromatic carbocycles. The van der Waals surface area contributed by atoms with Crippen LogP contribution < -0.4 is 0 Å². The molecule has 0 N–H and O–H groups in total. The van der Waals surface area contributed by atoms with Gasteiger partial charge in [-0.25, -0.2) is 4.79 Å². The predicted octanol–water partition coefficient (Wildman–Crippen LogP) is 3.36. The fraction of sp³-hybridized carbons (Fsp3) is 0.381. The lowest BCUT2D eigenvalue weighted by Crippen LogP contribution is -2.44. The number of carbonyl (C=O) groups is 1. The van der Waals surface area contributed by atoms with Gasteiger partial charge >= 0.3 is 5.97 Å². The third-order valence-electron chi connectivity index (χ3n) is 4.33. The zero-order valence-corrected chi connectivity index (χ0v) is 14.9. The molecule has 1 aliphatic rings. The first-order chi connectivity index (χ1) is 12.1. The second kappa shape index (κ2) is 8.28. The van der Waals surface area contributed by atoms with Crippen LogP contribution >= 0.6 is 0 Å². The molecule has 0 bridgehead atoms. The van der Waals surface area contributed by atoms with Crippen LogP contribution in [0.3, 0.4) is 0 Å². The Kier molecular flexibility index (Phi) is 5.84. The van der Waals surface area contributed by atoms with Crippen LogP contribution in [0.25, 0.3) is 0 Å². The van der Waals surface area contributed by atoms with Gasteiger partial charge in [0, 0.05) is 19.6 Å². The Morgan fingerprint density at radius 3 is 2.60 bits per heavy atom. The van der Waals surface area contributed by atoms with Crippen LogP contribution in [0.2, 0.25) is 0 Å². The van der Waals surface area contributed by atoms with E-state index < -0.39 is 0 Å².